The van der Waals surface area contributed by atoms with E-state index in [1.54, 1.807) is 7.11 Å². The Morgan fingerprint density at radius 2 is 1.86 bits per heavy atom. The fraction of sp³-hybridized carbons (Fsp3) is 0.619. The van der Waals surface area contributed by atoms with Crippen LogP contribution in [0, 0.1) is 0 Å². The van der Waals surface area contributed by atoms with E-state index in [-0.39, 0.29) is 11.9 Å². The molecule has 0 saturated heterocycles. The number of rotatable bonds is 10. The Kier molecular flexibility index (Phi) is 10.4. The van der Waals surface area contributed by atoms with Gasteiger partial charge >= 0.3 is 0 Å². The number of ether oxygens (including phenoxy) is 1. The molecule has 0 aliphatic carbocycles. The molecule has 0 aromatic heterocycles. The summed E-state index contributed by atoms with van der Waals surface area (Å²) in [5.74, 6) is 1.68. The van der Waals surface area contributed by atoms with Crippen LogP contribution in [0.1, 0.15) is 32.4 Å². The molecule has 0 spiro atoms. The van der Waals surface area contributed by atoms with Gasteiger partial charge in [-0.15, -0.1) is 0 Å². The van der Waals surface area contributed by atoms with E-state index in [2.05, 4.69) is 16.3 Å². The van der Waals surface area contributed by atoms with E-state index in [0.717, 1.165) is 36.9 Å². The third-order valence-electron chi connectivity index (χ3n) is 4.70. The zero-order valence-electron chi connectivity index (χ0n) is 18.5. The van der Waals surface area contributed by atoms with E-state index < -0.39 is 0 Å². The molecule has 1 aromatic rings. The van der Waals surface area contributed by atoms with Crippen molar-refractivity contribution in [3.8, 4) is 5.75 Å². The maximum absolute atomic E-state index is 12.4. The monoisotopic (exact) mass is 391 g/mol. The number of nitrogens with zero attached hydrogens (tertiary/aromatic N) is 4. The van der Waals surface area contributed by atoms with Crippen LogP contribution in [0.3, 0.4) is 0 Å². The molecule has 0 fully saturated rings. The molecule has 0 heterocycles. The molecular weight excluding hydrogens is 354 g/mol. The number of benzene rings is 1. The summed E-state index contributed by atoms with van der Waals surface area (Å²) in [6, 6.07) is 8.17. The molecule has 28 heavy (non-hydrogen) atoms. The van der Waals surface area contributed by atoms with Gasteiger partial charge in [0.15, 0.2) is 5.96 Å². The number of nitrogens with one attached hydrogen (secondary N) is 1. The van der Waals surface area contributed by atoms with Crippen molar-refractivity contribution in [2.75, 3.05) is 61.0 Å². The summed E-state index contributed by atoms with van der Waals surface area (Å²) in [7, 11) is 7.66. The van der Waals surface area contributed by atoms with Crippen molar-refractivity contribution < 1.29 is 9.53 Å². The Morgan fingerprint density at radius 3 is 2.39 bits per heavy atom. The zero-order valence-corrected chi connectivity index (χ0v) is 18.5. The van der Waals surface area contributed by atoms with Crippen LogP contribution in [0.5, 0.6) is 5.75 Å². The largest absolute Gasteiger partial charge is 0.497 e. The standard InChI is InChI=1S/C21H37N5O2/c1-8-22-21(25(6)16-20(27)26(9-2)10-3)23-15-19(24(4)5)17-12-11-13-18(14-17)28-7/h11-14,19H,8-10,15-16H2,1-7H3,(H,22,23). The first-order valence-electron chi connectivity index (χ1n) is 9.95. The molecule has 0 aliphatic rings. The molecule has 158 valence electrons. The summed E-state index contributed by atoms with van der Waals surface area (Å²) in [4.78, 5) is 23.1. The molecule has 0 saturated carbocycles. The average Bonchev–Trinajstić information content (AvgIpc) is 2.68. The fourth-order valence-corrected chi connectivity index (χ4v) is 3.01. The Balaban J connectivity index is 2.96. The third-order valence-corrected chi connectivity index (χ3v) is 4.70. The molecule has 7 heteroatoms. The lowest BCUT2D eigenvalue weighted by Gasteiger charge is -2.27. The van der Waals surface area contributed by atoms with E-state index in [4.69, 9.17) is 9.73 Å². The first-order chi connectivity index (χ1) is 13.4. The second-order valence-electron chi connectivity index (χ2n) is 6.87. The van der Waals surface area contributed by atoms with Crippen LogP contribution < -0.4 is 10.1 Å². The highest BCUT2D eigenvalue weighted by molar-refractivity contribution is 5.86. The van der Waals surface area contributed by atoms with Crippen LogP contribution >= 0.6 is 0 Å². The summed E-state index contributed by atoms with van der Waals surface area (Å²) in [5, 5.41) is 3.29. The number of hydrogen-bond donors (Lipinski definition) is 1. The first-order valence-corrected chi connectivity index (χ1v) is 9.95. The highest BCUT2D eigenvalue weighted by Crippen LogP contribution is 2.23. The smallest absolute Gasteiger partial charge is 0.242 e. The Hall–Kier alpha value is -2.28. The van der Waals surface area contributed by atoms with E-state index in [1.807, 2.05) is 69.9 Å². The normalized spacial score (nSPS) is 12.6. The Bertz CT molecular complexity index is 629. The predicted molar refractivity (Wildman–Crippen MR) is 116 cm³/mol. The summed E-state index contributed by atoms with van der Waals surface area (Å²) in [6.07, 6.45) is 0. The van der Waals surface area contributed by atoms with Gasteiger partial charge in [-0.1, -0.05) is 12.1 Å². The van der Waals surface area contributed by atoms with Crippen LogP contribution in [-0.4, -0.2) is 87.5 Å². The molecule has 1 unspecified atom stereocenters. The predicted octanol–water partition coefficient (Wildman–Crippen LogP) is 2.06. The second kappa shape index (κ2) is 12.2. The quantitative estimate of drug-likeness (QED) is 0.489. The van der Waals surface area contributed by atoms with Crippen molar-refractivity contribution in [3.05, 3.63) is 29.8 Å². The SMILES string of the molecule is CCNC(=NCC(c1cccc(OC)c1)N(C)C)N(C)CC(=O)N(CC)CC. The third kappa shape index (κ3) is 7.03. The highest BCUT2D eigenvalue weighted by atomic mass is 16.5. The van der Waals surface area contributed by atoms with Crippen molar-refractivity contribution in [3.63, 3.8) is 0 Å². The number of guanidine groups is 1. The molecule has 1 atom stereocenters. The number of amides is 1. The van der Waals surface area contributed by atoms with Gasteiger partial charge in [-0.3, -0.25) is 9.79 Å². The van der Waals surface area contributed by atoms with Gasteiger partial charge in [0.05, 0.1) is 26.2 Å². The van der Waals surface area contributed by atoms with Gasteiger partial charge in [0.2, 0.25) is 5.91 Å². The minimum absolute atomic E-state index is 0.107. The summed E-state index contributed by atoms with van der Waals surface area (Å²) < 4.78 is 5.36. The van der Waals surface area contributed by atoms with Crippen molar-refractivity contribution in [2.45, 2.75) is 26.8 Å². The van der Waals surface area contributed by atoms with Crippen LogP contribution in [0.25, 0.3) is 0 Å². The molecule has 1 rings (SSSR count). The van der Waals surface area contributed by atoms with Gasteiger partial charge in [0.1, 0.15) is 5.75 Å². The van der Waals surface area contributed by atoms with E-state index >= 15 is 0 Å². The van der Waals surface area contributed by atoms with Gasteiger partial charge < -0.3 is 24.8 Å². The minimum atomic E-state index is 0.107. The van der Waals surface area contributed by atoms with E-state index in [0.29, 0.717) is 13.1 Å². The average molecular weight is 392 g/mol. The molecule has 0 aliphatic heterocycles. The lowest BCUT2D eigenvalue weighted by molar-refractivity contribution is -0.131. The Morgan fingerprint density at radius 1 is 1.18 bits per heavy atom. The minimum Gasteiger partial charge on any atom is -0.497 e. The van der Waals surface area contributed by atoms with Crippen molar-refractivity contribution in [1.82, 2.24) is 20.0 Å². The molecular formula is C21H37N5O2. The lowest BCUT2D eigenvalue weighted by atomic mass is 10.1. The summed E-state index contributed by atoms with van der Waals surface area (Å²) in [5.41, 5.74) is 1.14. The van der Waals surface area contributed by atoms with Crippen molar-refractivity contribution >= 4 is 11.9 Å². The number of hydrogen-bond acceptors (Lipinski definition) is 4. The maximum Gasteiger partial charge on any atom is 0.242 e. The van der Waals surface area contributed by atoms with Gasteiger partial charge in [0, 0.05) is 26.7 Å². The van der Waals surface area contributed by atoms with Crippen LogP contribution in [0.4, 0.5) is 0 Å². The van der Waals surface area contributed by atoms with Crippen LogP contribution in [0.2, 0.25) is 0 Å². The molecule has 1 amide bonds. The van der Waals surface area contributed by atoms with Crippen molar-refractivity contribution in [1.29, 1.82) is 0 Å². The van der Waals surface area contributed by atoms with Gasteiger partial charge in [-0.05, 0) is 52.6 Å². The summed E-state index contributed by atoms with van der Waals surface area (Å²) in [6.45, 7) is 9.08. The van der Waals surface area contributed by atoms with Crippen LogP contribution in [0.15, 0.2) is 29.3 Å². The van der Waals surface area contributed by atoms with Crippen molar-refractivity contribution in [2.24, 2.45) is 4.99 Å². The van der Waals surface area contributed by atoms with E-state index in [1.165, 1.54) is 0 Å². The van der Waals surface area contributed by atoms with Gasteiger partial charge in [0.25, 0.3) is 0 Å². The number of carbonyl (C=O) groups is 1. The molecule has 0 bridgehead atoms. The first kappa shape index (κ1) is 23.8. The topological polar surface area (TPSA) is 60.4 Å². The van der Waals surface area contributed by atoms with Gasteiger partial charge in [-0.25, -0.2) is 0 Å². The molecule has 7 nitrogen and oxygen atoms in total. The number of aliphatic imine (C=N–C) groups is 1. The Labute approximate surface area is 170 Å². The second-order valence-corrected chi connectivity index (χ2v) is 6.87. The zero-order chi connectivity index (χ0) is 21.1. The molecule has 0 radical (unpaired) electrons. The molecule has 1 N–H and O–H groups in total. The van der Waals surface area contributed by atoms with E-state index in [9.17, 15) is 4.79 Å². The number of carbonyl (C=O) groups excluding carboxylic acids is 1. The van der Waals surface area contributed by atoms with Crippen LogP contribution in [-0.2, 0) is 4.79 Å². The highest BCUT2D eigenvalue weighted by Gasteiger charge is 2.18. The fourth-order valence-electron chi connectivity index (χ4n) is 3.01. The number of methoxy groups -OCH3 is 1. The van der Waals surface area contributed by atoms with Gasteiger partial charge in [-0.2, -0.15) is 0 Å². The number of likely N-dealkylation sites (N-methyl/N-ethyl adjacent to an activating group) is 3. The maximum atomic E-state index is 12.4. The molecule has 1 aromatic carbocycles. The summed E-state index contributed by atoms with van der Waals surface area (Å²) >= 11 is 0. The lowest BCUT2D eigenvalue weighted by Crippen LogP contribution is -2.46.